The molecule has 0 amide bonds. The maximum atomic E-state index is 5.74. The van der Waals surface area contributed by atoms with Gasteiger partial charge in [-0.3, -0.25) is 4.40 Å². The Hall–Kier alpha value is -0.870. The summed E-state index contributed by atoms with van der Waals surface area (Å²) in [5, 5.41) is 0. The highest BCUT2D eigenvalue weighted by Crippen LogP contribution is 2.18. The topological polar surface area (TPSA) is 43.3 Å². The summed E-state index contributed by atoms with van der Waals surface area (Å²) < 4.78 is 2.13. The minimum Gasteiger partial charge on any atom is -0.328 e. The van der Waals surface area contributed by atoms with E-state index in [1.54, 1.807) is 11.3 Å². The van der Waals surface area contributed by atoms with Crippen molar-refractivity contribution in [2.45, 2.75) is 26.3 Å². The van der Waals surface area contributed by atoms with E-state index in [1.807, 2.05) is 13.1 Å². The van der Waals surface area contributed by atoms with Crippen molar-refractivity contribution in [2.24, 2.45) is 5.73 Å². The van der Waals surface area contributed by atoms with Crippen LogP contribution in [0.5, 0.6) is 0 Å². The fraction of sp³-hybridized carbons (Fsp3) is 0.444. The lowest BCUT2D eigenvalue weighted by Gasteiger charge is -2.02. The summed E-state index contributed by atoms with van der Waals surface area (Å²) in [7, 11) is 0. The lowest BCUT2D eigenvalue weighted by molar-refractivity contribution is 0.718. The van der Waals surface area contributed by atoms with Gasteiger partial charge < -0.3 is 5.73 Å². The van der Waals surface area contributed by atoms with Gasteiger partial charge in [-0.25, -0.2) is 4.98 Å². The molecule has 2 aromatic heterocycles. The molecule has 4 heteroatoms. The molecule has 0 aliphatic heterocycles. The largest absolute Gasteiger partial charge is 0.328 e. The number of hydrogen-bond donors (Lipinski definition) is 1. The van der Waals surface area contributed by atoms with E-state index < -0.39 is 0 Å². The summed E-state index contributed by atoms with van der Waals surface area (Å²) in [6.45, 7) is 4.10. The Morgan fingerprint density at radius 3 is 3.15 bits per heavy atom. The number of fused-ring (bicyclic) bond motifs is 1. The second kappa shape index (κ2) is 3.12. The average molecular weight is 195 g/mol. The Labute approximate surface area is 81.2 Å². The summed E-state index contributed by atoms with van der Waals surface area (Å²) in [5.41, 5.74) is 6.95. The van der Waals surface area contributed by atoms with E-state index in [-0.39, 0.29) is 6.04 Å². The molecule has 1 unspecified atom stereocenters. The van der Waals surface area contributed by atoms with Crippen LogP contribution in [0.1, 0.15) is 17.5 Å². The van der Waals surface area contributed by atoms with Gasteiger partial charge in [0.05, 0.1) is 6.20 Å². The molecule has 0 radical (unpaired) electrons. The molecule has 0 saturated carbocycles. The molecule has 0 aliphatic carbocycles. The molecule has 0 saturated heterocycles. The lowest BCUT2D eigenvalue weighted by atomic mass is 10.2. The van der Waals surface area contributed by atoms with Crippen molar-refractivity contribution >= 4 is 16.3 Å². The number of hydrogen-bond acceptors (Lipinski definition) is 3. The highest BCUT2D eigenvalue weighted by molar-refractivity contribution is 7.16. The fourth-order valence-electron chi connectivity index (χ4n) is 1.42. The van der Waals surface area contributed by atoms with Crippen LogP contribution < -0.4 is 5.73 Å². The van der Waals surface area contributed by atoms with Crippen molar-refractivity contribution in [1.82, 2.24) is 9.38 Å². The molecular formula is C9H13N3S. The Morgan fingerprint density at radius 1 is 1.69 bits per heavy atom. The summed E-state index contributed by atoms with van der Waals surface area (Å²) in [6.07, 6.45) is 4.91. The van der Waals surface area contributed by atoms with E-state index >= 15 is 0 Å². The monoisotopic (exact) mass is 195 g/mol. The van der Waals surface area contributed by atoms with Crippen molar-refractivity contribution in [3.8, 4) is 0 Å². The molecule has 70 valence electrons. The van der Waals surface area contributed by atoms with Gasteiger partial charge in [0.1, 0.15) is 0 Å². The maximum absolute atomic E-state index is 5.74. The second-order valence-corrected chi connectivity index (χ2v) is 4.64. The van der Waals surface area contributed by atoms with Crippen LogP contribution in [0.2, 0.25) is 0 Å². The summed E-state index contributed by atoms with van der Waals surface area (Å²) in [6, 6.07) is 0.195. The van der Waals surface area contributed by atoms with Gasteiger partial charge >= 0.3 is 0 Å². The number of thiazole rings is 1. The predicted molar refractivity (Wildman–Crippen MR) is 55.2 cm³/mol. The van der Waals surface area contributed by atoms with Crippen LogP contribution in [-0.4, -0.2) is 15.4 Å². The molecular weight excluding hydrogens is 182 g/mol. The van der Waals surface area contributed by atoms with E-state index in [9.17, 15) is 0 Å². The first-order valence-corrected chi connectivity index (χ1v) is 5.16. The Bertz CT molecular complexity index is 413. The number of aromatic nitrogens is 2. The van der Waals surface area contributed by atoms with E-state index in [4.69, 9.17) is 5.73 Å². The van der Waals surface area contributed by atoms with Crippen molar-refractivity contribution < 1.29 is 0 Å². The molecule has 0 aliphatic rings. The zero-order valence-corrected chi connectivity index (χ0v) is 8.64. The maximum Gasteiger partial charge on any atom is 0.194 e. The van der Waals surface area contributed by atoms with Crippen LogP contribution in [0.15, 0.2) is 12.4 Å². The Morgan fingerprint density at radius 2 is 2.46 bits per heavy atom. The number of imidazole rings is 1. The number of nitrogens with zero attached hydrogens (tertiary/aromatic N) is 2. The van der Waals surface area contributed by atoms with Crippen LogP contribution in [0.25, 0.3) is 4.96 Å². The van der Waals surface area contributed by atoms with Crippen LogP contribution in [0.3, 0.4) is 0 Å². The van der Waals surface area contributed by atoms with Crippen LogP contribution >= 0.6 is 11.3 Å². The molecule has 0 fully saturated rings. The zero-order valence-electron chi connectivity index (χ0n) is 7.82. The first kappa shape index (κ1) is 8.72. The third kappa shape index (κ3) is 1.59. The van der Waals surface area contributed by atoms with E-state index in [2.05, 4.69) is 22.5 Å². The van der Waals surface area contributed by atoms with Gasteiger partial charge in [0.25, 0.3) is 0 Å². The standard InChI is InChI=1S/C9H13N3S/c1-6(10)3-8-4-11-9-12(8)5-7(2)13-9/h4-6H,3,10H2,1-2H3. The molecule has 1 atom stereocenters. The normalized spacial score (nSPS) is 13.8. The molecule has 2 aromatic rings. The highest BCUT2D eigenvalue weighted by atomic mass is 32.1. The Balaban J connectivity index is 2.44. The third-order valence-corrected chi connectivity index (χ3v) is 2.85. The first-order chi connectivity index (χ1) is 6.16. The smallest absolute Gasteiger partial charge is 0.194 e. The van der Waals surface area contributed by atoms with Crippen molar-refractivity contribution in [3.63, 3.8) is 0 Å². The van der Waals surface area contributed by atoms with Crippen molar-refractivity contribution in [3.05, 3.63) is 23.0 Å². The molecule has 0 bridgehead atoms. The minimum atomic E-state index is 0.195. The van der Waals surface area contributed by atoms with E-state index in [0.717, 1.165) is 11.4 Å². The quantitative estimate of drug-likeness (QED) is 0.791. The highest BCUT2D eigenvalue weighted by Gasteiger charge is 2.07. The summed E-state index contributed by atoms with van der Waals surface area (Å²) in [4.78, 5) is 6.67. The van der Waals surface area contributed by atoms with Gasteiger partial charge in [0.15, 0.2) is 4.96 Å². The molecule has 2 N–H and O–H groups in total. The van der Waals surface area contributed by atoms with Gasteiger partial charge in [0.2, 0.25) is 0 Å². The number of rotatable bonds is 2. The number of aryl methyl sites for hydroxylation is 1. The summed E-state index contributed by atoms with van der Waals surface area (Å²) in [5.74, 6) is 0. The van der Waals surface area contributed by atoms with Crippen molar-refractivity contribution in [2.75, 3.05) is 0 Å². The van der Waals surface area contributed by atoms with E-state index in [1.165, 1.54) is 10.6 Å². The second-order valence-electron chi connectivity index (χ2n) is 3.43. The van der Waals surface area contributed by atoms with Gasteiger partial charge in [0, 0.05) is 29.2 Å². The SMILES string of the molecule is Cc1cn2c(CC(C)N)cnc2s1. The van der Waals surface area contributed by atoms with Crippen LogP contribution in [0, 0.1) is 6.92 Å². The van der Waals surface area contributed by atoms with Gasteiger partial charge in [-0.05, 0) is 13.8 Å². The molecule has 13 heavy (non-hydrogen) atoms. The average Bonchev–Trinajstić information content (AvgIpc) is 2.51. The van der Waals surface area contributed by atoms with Crippen LogP contribution in [-0.2, 0) is 6.42 Å². The van der Waals surface area contributed by atoms with E-state index in [0.29, 0.717) is 0 Å². The lowest BCUT2D eigenvalue weighted by Crippen LogP contribution is -2.18. The summed E-state index contributed by atoms with van der Waals surface area (Å²) >= 11 is 1.71. The van der Waals surface area contributed by atoms with Crippen molar-refractivity contribution in [1.29, 1.82) is 0 Å². The van der Waals surface area contributed by atoms with Gasteiger partial charge in [-0.15, -0.1) is 11.3 Å². The van der Waals surface area contributed by atoms with Crippen LogP contribution in [0.4, 0.5) is 0 Å². The first-order valence-electron chi connectivity index (χ1n) is 4.35. The fourth-order valence-corrected chi connectivity index (χ4v) is 2.24. The Kier molecular flexibility index (Phi) is 2.09. The minimum absolute atomic E-state index is 0.195. The predicted octanol–water partition coefficient (Wildman–Crippen LogP) is 1.59. The third-order valence-electron chi connectivity index (χ3n) is 1.93. The number of nitrogens with two attached hydrogens (primary N) is 1. The molecule has 2 rings (SSSR count). The zero-order chi connectivity index (χ0) is 9.42. The van der Waals surface area contributed by atoms with Gasteiger partial charge in [-0.2, -0.15) is 0 Å². The molecule has 0 spiro atoms. The molecule has 2 heterocycles. The van der Waals surface area contributed by atoms with Gasteiger partial charge in [-0.1, -0.05) is 0 Å². The molecule has 0 aromatic carbocycles. The molecule has 3 nitrogen and oxygen atoms in total.